The molecule has 0 heterocycles. The summed E-state index contributed by atoms with van der Waals surface area (Å²) in [6.45, 7) is 5.71. The first kappa shape index (κ1) is 16.9. The van der Waals surface area contributed by atoms with Crippen LogP contribution in [0.4, 0.5) is 0 Å². The average molecular weight is 258 g/mol. The zero-order chi connectivity index (χ0) is 14.2. The van der Waals surface area contributed by atoms with Crippen LogP contribution >= 0.6 is 0 Å². The Balaban J connectivity index is 4.12. The maximum Gasteiger partial charge on any atom is 0.328 e. The van der Waals surface area contributed by atoms with E-state index in [1.54, 1.807) is 0 Å². The molecular formula is C13H26N2O3. The van der Waals surface area contributed by atoms with Crippen molar-refractivity contribution in [3.63, 3.8) is 0 Å². The molecule has 0 aliphatic rings. The summed E-state index contributed by atoms with van der Waals surface area (Å²) in [5, 5.41) is 11.4. The van der Waals surface area contributed by atoms with Crippen LogP contribution in [0.2, 0.25) is 0 Å². The minimum Gasteiger partial charge on any atom is -0.480 e. The van der Waals surface area contributed by atoms with Crippen LogP contribution in [0.5, 0.6) is 0 Å². The third-order valence-corrected chi connectivity index (χ3v) is 3.04. The van der Waals surface area contributed by atoms with Gasteiger partial charge in [-0.2, -0.15) is 0 Å². The first-order valence-electron chi connectivity index (χ1n) is 6.58. The molecule has 106 valence electrons. The van der Waals surface area contributed by atoms with E-state index in [1.807, 2.05) is 0 Å². The van der Waals surface area contributed by atoms with E-state index >= 15 is 0 Å². The van der Waals surface area contributed by atoms with E-state index < -0.39 is 11.5 Å². The molecule has 0 aromatic carbocycles. The molecule has 0 aromatic heterocycles. The molecule has 0 radical (unpaired) electrons. The highest BCUT2D eigenvalue weighted by Gasteiger charge is 2.28. The van der Waals surface area contributed by atoms with E-state index in [1.165, 1.54) is 13.8 Å². The molecule has 1 atom stereocenters. The van der Waals surface area contributed by atoms with E-state index in [0.29, 0.717) is 18.9 Å². The molecule has 0 saturated heterocycles. The highest BCUT2D eigenvalue weighted by Crippen LogP contribution is 2.17. The highest BCUT2D eigenvalue weighted by molar-refractivity contribution is 5.86. The van der Waals surface area contributed by atoms with Crippen LogP contribution in [-0.4, -0.2) is 29.1 Å². The molecule has 5 nitrogen and oxygen atoms in total. The van der Waals surface area contributed by atoms with Gasteiger partial charge in [0, 0.05) is 6.42 Å². The molecule has 0 aromatic rings. The maximum atomic E-state index is 11.7. The lowest BCUT2D eigenvalue weighted by Gasteiger charge is -2.22. The maximum absolute atomic E-state index is 11.7. The fourth-order valence-corrected chi connectivity index (χ4v) is 1.88. The molecule has 1 unspecified atom stereocenters. The Morgan fingerprint density at radius 3 is 2.33 bits per heavy atom. The van der Waals surface area contributed by atoms with Crippen LogP contribution < -0.4 is 11.1 Å². The average Bonchev–Trinajstić information content (AvgIpc) is 2.25. The fraction of sp³-hybridized carbons (Fsp3) is 0.846. The van der Waals surface area contributed by atoms with Crippen molar-refractivity contribution in [1.82, 2.24) is 5.32 Å². The standard InChI is InChI=1S/C13H26N2O3/c1-4-5-10(8-9-14)6-7-11(16)15-13(2,3)12(17)18/h10H,4-9,14H2,1-3H3,(H,15,16)(H,17,18). The molecule has 0 bridgehead atoms. The zero-order valence-corrected chi connectivity index (χ0v) is 11.7. The Kier molecular flexibility index (Phi) is 7.59. The van der Waals surface area contributed by atoms with Crippen molar-refractivity contribution in [3.05, 3.63) is 0 Å². The highest BCUT2D eigenvalue weighted by atomic mass is 16.4. The Bertz CT molecular complexity index is 271. The number of hydrogen-bond donors (Lipinski definition) is 3. The predicted molar refractivity (Wildman–Crippen MR) is 71.2 cm³/mol. The molecule has 0 aliphatic heterocycles. The SMILES string of the molecule is CCCC(CCN)CCC(=O)NC(C)(C)C(=O)O. The van der Waals surface area contributed by atoms with Gasteiger partial charge in [0.25, 0.3) is 0 Å². The number of carbonyl (C=O) groups is 2. The van der Waals surface area contributed by atoms with Crippen LogP contribution in [0.15, 0.2) is 0 Å². The van der Waals surface area contributed by atoms with Gasteiger partial charge in [0.1, 0.15) is 5.54 Å². The number of carboxylic acid groups (broad SMARTS) is 1. The quantitative estimate of drug-likeness (QED) is 0.584. The number of carboxylic acids is 1. The molecule has 18 heavy (non-hydrogen) atoms. The second kappa shape index (κ2) is 8.08. The Labute approximate surface area is 109 Å². The van der Waals surface area contributed by atoms with Gasteiger partial charge in [-0.1, -0.05) is 19.8 Å². The predicted octanol–water partition coefficient (Wildman–Crippen LogP) is 1.51. The van der Waals surface area contributed by atoms with Gasteiger partial charge < -0.3 is 16.2 Å². The summed E-state index contributed by atoms with van der Waals surface area (Å²) in [6.07, 6.45) is 4.19. The van der Waals surface area contributed by atoms with Crippen molar-refractivity contribution in [1.29, 1.82) is 0 Å². The molecule has 0 spiro atoms. The van der Waals surface area contributed by atoms with Gasteiger partial charge in [-0.15, -0.1) is 0 Å². The molecule has 0 saturated carbocycles. The number of nitrogens with one attached hydrogen (secondary N) is 1. The smallest absolute Gasteiger partial charge is 0.328 e. The topological polar surface area (TPSA) is 92.4 Å². The third kappa shape index (κ3) is 6.59. The number of carbonyl (C=O) groups excluding carboxylic acids is 1. The Morgan fingerprint density at radius 1 is 1.28 bits per heavy atom. The van der Waals surface area contributed by atoms with Crippen LogP contribution in [0.3, 0.4) is 0 Å². The molecule has 5 heteroatoms. The molecule has 4 N–H and O–H groups in total. The summed E-state index contributed by atoms with van der Waals surface area (Å²) in [5.41, 5.74) is 4.33. The summed E-state index contributed by atoms with van der Waals surface area (Å²) >= 11 is 0. The first-order valence-corrected chi connectivity index (χ1v) is 6.58. The largest absolute Gasteiger partial charge is 0.480 e. The van der Waals surface area contributed by atoms with Crippen LogP contribution in [0.1, 0.15) is 52.9 Å². The van der Waals surface area contributed by atoms with Crippen molar-refractivity contribution in [3.8, 4) is 0 Å². The van der Waals surface area contributed by atoms with Gasteiger partial charge in [-0.3, -0.25) is 4.79 Å². The molecule has 0 aliphatic carbocycles. The van der Waals surface area contributed by atoms with Gasteiger partial charge in [-0.05, 0) is 39.2 Å². The van der Waals surface area contributed by atoms with Crippen LogP contribution in [0.25, 0.3) is 0 Å². The molecular weight excluding hydrogens is 232 g/mol. The van der Waals surface area contributed by atoms with E-state index in [2.05, 4.69) is 12.2 Å². The van der Waals surface area contributed by atoms with E-state index in [0.717, 1.165) is 25.7 Å². The van der Waals surface area contributed by atoms with Gasteiger partial charge in [0.15, 0.2) is 0 Å². The van der Waals surface area contributed by atoms with E-state index in [4.69, 9.17) is 10.8 Å². The number of hydrogen-bond acceptors (Lipinski definition) is 3. The van der Waals surface area contributed by atoms with Crippen molar-refractivity contribution in [2.75, 3.05) is 6.54 Å². The minimum absolute atomic E-state index is 0.208. The molecule has 1 amide bonds. The monoisotopic (exact) mass is 258 g/mol. The molecule has 0 rings (SSSR count). The van der Waals surface area contributed by atoms with Crippen molar-refractivity contribution < 1.29 is 14.7 Å². The summed E-state index contributed by atoms with van der Waals surface area (Å²) in [4.78, 5) is 22.5. The lowest BCUT2D eigenvalue weighted by Crippen LogP contribution is -2.49. The summed E-state index contributed by atoms with van der Waals surface area (Å²) < 4.78 is 0. The van der Waals surface area contributed by atoms with Crippen molar-refractivity contribution in [2.45, 2.75) is 58.4 Å². The lowest BCUT2D eigenvalue weighted by atomic mass is 9.94. The minimum atomic E-state index is -1.20. The number of aliphatic carboxylic acids is 1. The second-order valence-electron chi connectivity index (χ2n) is 5.25. The van der Waals surface area contributed by atoms with Gasteiger partial charge >= 0.3 is 5.97 Å². The summed E-state index contributed by atoms with van der Waals surface area (Å²) in [7, 11) is 0. The van der Waals surface area contributed by atoms with Crippen LogP contribution in [-0.2, 0) is 9.59 Å². The van der Waals surface area contributed by atoms with E-state index in [9.17, 15) is 9.59 Å². The number of nitrogens with two attached hydrogens (primary N) is 1. The Hall–Kier alpha value is -1.10. The number of rotatable bonds is 9. The van der Waals surface area contributed by atoms with Gasteiger partial charge in [0.2, 0.25) is 5.91 Å². The fourth-order valence-electron chi connectivity index (χ4n) is 1.88. The summed E-state index contributed by atoms with van der Waals surface area (Å²) in [6, 6.07) is 0. The van der Waals surface area contributed by atoms with Gasteiger partial charge in [0.05, 0.1) is 0 Å². The van der Waals surface area contributed by atoms with Crippen LogP contribution in [0, 0.1) is 5.92 Å². The summed E-state index contributed by atoms with van der Waals surface area (Å²) in [5.74, 6) is -0.776. The van der Waals surface area contributed by atoms with Crippen molar-refractivity contribution >= 4 is 11.9 Å². The van der Waals surface area contributed by atoms with Crippen molar-refractivity contribution in [2.24, 2.45) is 11.7 Å². The first-order chi connectivity index (χ1) is 8.33. The van der Waals surface area contributed by atoms with Gasteiger partial charge in [-0.25, -0.2) is 4.79 Å². The molecule has 0 fully saturated rings. The Morgan fingerprint density at radius 2 is 1.89 bits per heavy atom. The lowest BCUT2D eigenvalue weighted by molar-refractivity contribution is -0.146. The second-order valence-corrected chi connectivity index (χ2v) is 5.25. The van der Waals surface area contributed by atoms with E-state index in [-0.39, 0.29) is 5.91 Å². The normalized spacial score (nSPS) is 13.1. The third-order valence-electron chi connectivity index (χ3n) is 3.04. The number of amides is 1. The zero-order valence-electron chi connectivity index (χ0n) is 11.7.